The molecule has 1 aromatic carbocycles. The van der Waals surface area contributed by atoms with Gasteiger partial charge in [-0.05, 0) is 49.8 Å². The van der Waals surface area contributed by atoms with E-state index in [1.807, 2.05) is 13.0 Å². The van der Waals surface area contributed by atoms with Crippen molar-refractivity contribution in [3.63, 3.8) is 0 Å². The molecule has 0 amide bonds. The van der Waals surface area contributed by atoms with Gasteiger partial charge in [0.25, 0.3) is 0 Å². The van der Waals surface area contributed by atoms with Crippen LogP contribution in [0, 0.1) is 5.92 Å². The first-order chi connectivity index (χ1) is 10.4. The maximum absolute atomic E-state index is 12.9. The molecule has 1 aliphatic rings. The predicted molar refractivity (Wildman–Crippen MR) is 97.8 cm³/mol. The summed E-state index contributed by atoms with van der Waals surface area (Å²) in [6.07, 6.45) is 3.64. The Hall–Kier alpha value is -0.330. The molecule has 7 heteroatoms. The quantitative estimate of drug-likeness (QED) is 0.850. The minimum atomic E-state index is -3.55. The van der Waals surface area contributed by atoms with Crippen molar-refractivity contribution < 1.29 is 8.42 Å². The van der Waals surface area contributed by atoms with Crippen molar-refractivity contribution >= 4 is 34.0 Å². The molecule has 0 bridgehead atoms. The van der Waals surface area contributed by atoms with Crippen molar-refractivity contribution in [3.8, 4) is 0 Å². The molecule has 0 saturated carbocycles. The molecule has 23 heavy (non-hydrogen) atoms. The molecule has 1 aromatic rings. The van der Waals surface area contributed by atoms with Crippen LogP contribution in [0.1, 0.15) is 38.7 Å². The number of hydrogen-bond donors (Lipinski definition) is 1. The van der Waals surface area contributed by atoms with Crippen molar-refractivity contribution in [1.82, 2.24) is 4.31 Å². The molecule has 0 aliphatic carbocycles. The number of aryl methyl sites for hydroxylation is 1. The van der Waals surface area contributed by atoms with Crippen LogP contribution in [0.4, 0.5) is 0 Å². The summed E-state index contributed by atoms with van der Waals surface area (Å²) in [4.78, 5) is 0.227. The van der Waals surface area contributed by atoms with Gasteiger partial charge in [0, 0.05) is 19.1 Å². The van der Waals surface area contributed by atoms with E-state index in [-0.39, 0.29) is 29.3 Å². The number of nitrogens with zero attached hydrogens (tertiary/aromatic N) is 1. The van der Waals surface area contributed by atoms with Gasteiger partial charge in [0.2, 0.25) is 10.0 Å². The molecule has 1 saturated heterocycles. The number of rotatable bonds is 5. The average molecular weight is 381 g/mol. The molecule has 2 N–H and O–H groups in total. The summed E-state index contributed by atoms with van der Waals surface area (Å²) in [6.45, 7) is 5.03. The topological polar surface area (TPSA) is 63.4 Å². The van der Waals surface area contributed by atoms with Gasteiger partial charge in [-0.3, -0.25) is 0 Å². The molecular weight excluding hydrogens is 355 g/mol. The Morgan fingerprint density at radius 3 is 2.74 bits per heavy atom. The van der Waals surface area contributed by atoms with Gasteiger partial charge >= 0.3 is 0 Å². The second-order valence-electron chi connectivity index (χ2n) is 6.14. The number of hydrogen-bond acceptors (Lipinski definition) is 3. The standard InChI is InChI=1S/C16H25ClN2O2S.ClH/c1-3-5-13-7-8-15(17)16(10-13)22(20,21)19-9-4-6-14(11-19)12(2)18;/h7-8,10,12,14H,3-6,9,11,18H2,1-2H3;1H. The summed E-state index contributed by atoms with van der Waals surface area (Å²) in [5.74, 6) is 0.209. The first-order valence-corrected chi connectivity index (χ1v) is 9.72. The Kier molecular flexibility index (Phi) is 7.81. The third kappa shape index (κ3) is 4.83. The van der Waals surface area contributed by atoms with Gasteiger partial charge in [-0.1, -0.05) is 31.0 Å². The van der Waals surface area contributed by atoms with Crippen LogP contribution in [0.3, 0.4) is 0 Å². The zero-order valence-corrected chi connectivity index (χ0v) is 16.1. The Bertz CT molecular complexity index is 621. The van der Waals surface area contributed by atoms with Gasteiger partial charge in [-0.25, -0.2) is 8.42 Å². The summed E-state index contributed by atoms with van der Waals surface area (Å²) in [7, 11) is -3.55. The Morgan fingerprint density at radius 1 is 1.43 bits per heavy atom. The smallest absolute Gasteiger partial charge is 0.244 e. The molecule has 1 fully saturated rings. The van der Waals surface area contributed by atoms with Crippen LogP contribution in [0.2, 0.25) is 5.02 Å². The fourth-order valence-electron chi connectivity index (χ4n) is 2.95. The summed E-state index contributed by atoms with van der Waals surface area (Å²) in [5.41, 5.74) is 6.96. The lowest BCUT2D eigenvalue weighted by Gasteiger charge is -2.34. The Morgan fingerprint density at radius 2 is 2.13 bits per heavy atom. The first kappa shape index (κ1) is 20.7. The van der Waals surface area contributed by atoms with Crippen molar-refractivity contribution in [2.24, 2.45) is 11.7 Å². The van der Waals surface area contributed by atoms with Gasteiger partial charge in [0.1, 0.15) is 4.90 Å². The average Bonchev–Trinajstić information content (AvgIpc) is 2.49. The SMILES string of the molecule is CCCc1ccc(Cl)c(S(=O)(=O)N2CCCC(C(C)N)C2)c1.Cl. The van der Waals surface area contributed by atoms with E-state index < -0.39 is 10.0 Å². The molecule has 0 aromatic heterocycles. The summed E-state index contributed by atoms with van der Waals surface area (Å²) < 4.78 is 27.4. The van der Waals surface area contributed by atoms with E-state index in [2.05, 4.69) is 6.92 Å². The molecule has 132 valence electrons. The van der Waals surface area contributed by atoms with E-state index in [4.69, 9.17) is 17.3 Å². The van der Waals surface area contributed by atoms with Crippen LogP contribution < -0.4 is 5.73 Å². The lowest BCUT2D eigenvalue weighted by Crippen LogP contribution is -2.45. The van der Waals surface area contributed by atoms with E-state index in [1.165, 1.54) is 0 Å². The van der Waals surface area contributed by atoms with Crippen molar-refractivity contribution in [3.05, 3.63) is 28.8 Å². The highest BCUT2D eigenvalue weighted by atomic mass is 35.5. The summed E-state index contributed by atoms with van der Waals surface area (Å²) in [5, 5.41) is 0.294. The third-order valence-corrected chi connectivity index (χ3v) is 6.66. The molecule has 2 atom stereocenters. The van der Waals surface area contributed by atoms with Gasteiger partial charge in [-0.15, -0.1) is 12.4 Å². The second kappa shape index (κ2) is 8.67. The number of benzene rings is 1. The first-order valence-electron chi connectivity index (χ1n) is 7.90. The second-order valence-corrected chi connectivity index (χ2v) is 8.45. The van der Waals surface area contributed by atoms with Crippen molar-refractivity contribution in [1.29, 1.82) is 0 Å². The van der Waals surface area contributed by atoms with E-state index >= 15 is 0 Å². The Labute approximate surface area is 150 Å². The van der Waals surface area contributed by atoms with Gasteiger partial charge in [-0.2, -0.15) is 4.31 Å². The third-order valence-electron chi connectivity index (χ3n) is 4.32. The van der Waals surface area contributed by atoms with Crippen LogP contribution >= 0.6 is 24.0 Å². The largest absolute Gasteiger partial charge is 0.328 e. The maximum Gasteiger partial charge on any atom is 0.244 e. The lowest BCUT2D eigenvalue weighted by atomic mass is 9.93. The highest BCUT2D eigenvalue weighted by molar-refractivity contribution is 7.89. The van der Waals surface area contributed by atoms with E-state index in [9.17, 15) is 8.42 Å². The maximum atomic E-state index is 12.9. The predicted octanol–water partition coefficient (Wildman–Crippen LogP) is 3.46. The zero-order chi connectivity index (χ0) is 16.3. The van der Waals surface area contributed by atoms with Gasteiger partial charge < -0.3 is 5.73 Å². The molecule has 0 spiro atoms. The van der Waals surface area contributed by atoms with Crippen LogP contribution in [0.15, 0.2) is 23.1 Å². The molecular formula is C16H26Cl2N2O2S. The molecule has 4 nitrogen and oxygen atoms in total. The van der Waals surface area contributed by atoms with Crippen LogP contribution in [-0.4, -0.2) is 31.9 Å². The number of nitrogens with two attached hydrogens (primary N) is 1. The van der Waals surface area contributed by atoms with Gasteiger partial charge in [0.15, 0.2) is 0 Å². The van der Waals surface area contributed by atoms with Crippen molar-refractivity contribution in [2.75, 3.05) is 13.1 Å². The molecule has 2 rings (SSSR count). The fourth-order valence-corrected chi connectivity index (χ4v) is 5.01. The molecule has 1 aliphatic heterocycles. The minimum absolute atomic E-state index is 0. The van der Waals surface area contributed by atoms with E-state index in [0.29, 0.717) is 18.1 Å². The molecule has 1 heterocycles. The van der Waals surface area contributed by atoms with Crippen LogP contribution in [-0.2, 0) is 16.4 Å². The minimum Gasteiger partial charge on any atom is -0.328 e. The number of piperidine rings is 1. The van der Waals surface area contributed by atoms with Crippen LogP contribution in [0.25, 0.3) is 0 Å². The highest BCUT2D eigenvalue weighted by Gasteiger charge is 2.32. The van der Waals surface area contributed by atoms with E-state index in [0.717, 1.165) is 31.2 Å². The molecule has 2 unspecified atom stereocenters. The van der Waals surface area contributed by atoms with E-state index in [1.54, 1.807) is 16.4 Å². The summed E-state index contributed by atoms with van der Waals surface area (Å²) in [6, 6.07) is 5.30. The molecule has 0 radical (unpaired) electrons. The zero-order valence-electron chi connectivity index (χ0n) is 13.7. The normalized spacial score (nSPS) is 20.8. The van der Waals surface area contributed by atoms with Crippen LogP contribution in [0.5, 0.6) is 0 Å². The summed E-state index contributed by atoms with van der Waals surface area (Å²) >= 11 is 6.17. The number of sulfonamides is 1. The monoisotopic (exact) mass is 380 g/mol. The van der Waals surface area contributed by atoms with Crippen molar-refractivity contribution in [2.45, 2.75) is 50.5 Å². The Balaban J connectivity index is 0.00000264. The van der Waals surface area contributed by atoms with Gasteiger partial charge in [0.05, 0.1) is 5.02 Å². The highest BCUT2D eigenvalue weighted by Crippen LogP contribution is 2.30. The lowest BCUT2D eigenvalue weighted by molar-refractivity contribution is 0.243. The number of halogens is 2. The fraction of sp³-hybridized carbons (Fsp3) is 0.625.